The van der Waals surface area contributed by atoms with E-state index in [1.165, 1.54) is 66.1 Å². The van der Waals surface area contributed by atoms with Crippen molar-refractivity contribution in [3.05, 3.63) is 158 Å². The van der Waals surface area contributed by atoms with Crippen molar-refractivity contribution >= 4 is 44.9 Å². The minimum Gasteiger partial charge on any atom is -0.453 e. The van der Waals surface area contributed by atoms with Crippen molar-refractivity contribution in [2.75, 3.05) is 0 Å². The zero-order valence-corrected chi connectivity index (χ0v) is 24.4. The summed E-state index contributed by atoms with van der Waals surface area (Å²) in [5.41, 5.74) is 14.8. The molecule has 8 aromatic rings. The molecular weight excluding hydrogens is 545 g/mol. The highest BCUT2D eigenvalue weighted by Crippen LogP contribution is 2.46. The second kappa shape index (κ2) is 9.35. The van der Waals surface area contributed by atoms with Crippen molar-refractivity contribution < 1.29 is 4.74 Å². The van der Waals surface area contributed by atoms with E-state index in [1.807, 2.05) is 0 Å². The summed E-state index contributed by atoms with van der Waals surface area (Å²) in [4.78, 5) is 0. The van der Waals surface area contributed by atoms with Gasteiger partial charge in [-0.1, -0.05) is 139 Å². The molecule has 0 saturated carbocycles. The summed E-state index contributed by atoms with van der Waals surface area (Å²) in [5, 5.41) is 2.50. The number of ether oxygens (including phenoxy) is 1. The number of benzene rings is 7. The highest BCUT2D eigenvalue weighted by molar-refractivity contribution is 6.99. The first kappa shape index (κ1) is 24.6. The van der Waals surface area contributed by atoms with Crippen LogP contribution >= 0.6 is 0 Å². The molecule has 0 atom stereocenters. The summed E-state index contributed by atoms with van der Waals surface area (Å²) in [5.74, 6) is 1.83. The summed E-state index contributed by atoms with van der Waals surface area (Å²) in [6.45, 7) is -0.0131. The molecule has 0 N–H and O–H groups in total. The van der Waals surface area contributed by atoms with Gasteiger partial charge in [0, 0.05) is 16.3 Å². The van der Waals surface area contributed by atoms with Crippen LogP contribution in [0.2, 0.25) is 0 Å². The molecule has 0 unspecified atom stereocenters. The van der Waals surface area contributed by atoms with Gasteiger partial charge in [0.2, 0.25) is 6.71 Å². The first-order chi connectivity index (χ1) is 22.3. The molecule has 2 aliphatic rings. The van der Waals surface area contributed by atoms with E-state index in [9.17, 15) is 0 Å². The third-order valence-electron chi connectivity index (χ3n) is 9.64. The van der Waals surface area contributed by atoms with Crippen LogP contribution in [0.15, 0.2) is 158 Å². The lowest BCUT2D eigenvalue weighted by Gasteiger charge is -2.33. The van der Waals surface area contributed by atoms with E-state index in [0.29, 0.717) is 0 Å². The lowest BCUT2D eigenvalue weighted by Crippen LogP contribution is -2.57. The molecule has 3 heterocycles. The van der Waals surface area contributed by atoms with Gasteiger partial charge in [-0.3, -0.25) is 0 Å². The topological polar surface area (TPSA) is 14.2 Å². The van der Waals surface area contributed by atoms with Crippen LogP contribution in [-0.2, 0) is 0 Å². The lowest BCUT2D eigenvalue weighted by molar-refractivity contribution is 0.477. The van der Waals surface area contributed by atoms with Gasteiger partial charge >= 0.3 is 0 Å². The minimum absolute atomic E-state index is 0.0131. The largest absolute Gasteiger partial charge is 0.453 e. The third-order valence-corrected chi connectivity index (χ3v) is 9.64. The first-order valence-electron chi connectivity index (χ1n) is 15.6. The molecule has 0 saturated heterocycles. The zero-order chi connectivity index (χ0) is 29.5. The maximum Gasteiger partial charge on any atom is 0.248 e. The van der Waals surface area contributed by atoms with Crippen LogP contribution in [0, 0.1) is 0 Å². The maximum absolute atomic E-state index is 6.66. The fourth-order valence-corrected chi connectivity index (χ4v) is 7.81. The van der Waals surface area contributed by atoms with Gasteiger partial charge < -0.3 is 9.30 Å². The highest BCUT2D eigenvalue weighted by Gasteiger charge is 2.40. The Balaban J connectivity index is 1.39. The molecule has 0 spiro atoms. The van der Waals surface area contributed by atoms with Gasteiger partial charge in [-0.25, -0.2) is 0 Å². The smallest absolute Gasteiger partial charge is 0.248 e. The molecule has 208 valence electrons. The predicted octanol–water partition coefficient (Wildman–Crippen LogP) is 8.72. The van der Waals surface area contributed by atoms with Crippen LogP contribution in [0.25, 0.3) is 60.9 Å². The summed E-state index contributed by atoms with van der Waals surface area (Å²) in [6.07, 6.45) is 0. The molecule has 10 rings (SSSR count). The van der Waals surface area contributed by atoms with Gasteiger partial charge in [0.25, 0.3) is 0 Å². The molecule has 2 aliphatic heterocycles. The average molecular weight is 571 g/mol. The first-order valence-corrected chi connectivity index (χ1v) is 15.6. The van der Waals surface area contributed by atoms with E-state index < -0.39 is 0 Å². The Morgan fingerprint density at radius 3 is 1.62 bits per heavy atom. The normalized spacial score (nSPS) is 12.6. The maximum atomic E-state index is 6.66. The second-order valence-electron chi connectivity index (χ2n) is 12.0. The van der Waals surface area contributed by atoms with Crippen LogP contribution < -0.4 is 21.1 Å². The van der Waals surface area contributed by atoms with Crippen LogP contribution in [-0.4, -0.2) is 11.3 Å². The number of aromatic nitrogens is 1. The molecular formula is C42H26BNO. The summed E-state index contributed by atoms with van der Waals surface area (Å²) >= 11 is 0. The summed E-state index contributed by atoms with van der Waals surface area (Å²) in [7, 11) is 0. The average Bonchev–Trinajstić information content (AvgIpc) is 3.46. The van der Waals surface area contributed by atoms with Gasteiger partial charge in [0.1, 0.15) is 0 Å². The Morgan fingerprint density at radius 1 is 0.422 bits per heavy atom. The van der Waals surface area contributed by atoms with Crippen LogP contribution in [0.1, 0.15) is 0 Å². The van der Waals surface area contributed by atoms with E-state index in [4.69, 9.17) is 4.74 Å². The Kier molecular flexibility index (Phi) is 5.12. The summed E-state index contributed by atoms with van der Waals surface area (Å²) in [6, 6.07) is 57.2. The third kappa shape index (κ3) is 3.47. The van der Waals surface area contributed by atoms with E-state index in [-0.39, 0.29) is 6.71 Å². The molecule has 0 radical (unpaired) electrons. The quantitative estimate of drug-likeness (QED) is 0.193. The standard InChI is InChI=1S/C42H26BNO/c1-4-13-27(14-5-1)30-25-33(28-15-6-2-7-16-28)39(34(26-30)29-17-8-3-9-18-29)43-35-21-10-19-31-32-20-11-23-37-41(32)44(40(31)35)42-36(43)22-12-24-38(42)45-37/h1-26H. The Bertz CT molecular complexity index is 2390. The minimum atomic E-state index is -0.0131. The molecule has 0 bridgehead atoms. The van der Waals surface area contributed by atoms with Gasteiger partial charge in [-0.2, -0.15) is 0 Å². The van der Waals surface area contributed by atoms with Crippen molar-refractivity contribution in [3.8, 4) is 50.6 Å². The van der Waals surface area contributed by atoms with Gasteiger partial charge in [-0.05, 0) is 68.6 Å². The monoisotopic (exact) mass is 571 g/mol. The van der Waals surface area contributed by atoms with E-state index >= 15 is 0 Å². The summed E-state index contributed by atoms with van der Waals surface area (Å²) < 4.78 is 9.13. The number of rotatable bonds is 4. The van der Waals surface area contributed by atoms with E-state index in [1.54, 1.807) is 0 Å². The van der Waals surface area contributed by atoms with Crippen molar-refractivity contribution in [2.45, 2.75) is 0 Å². The molecule has 3 heteroatoms. The van der Waals surface area contributed by atoms with E-state index in [0.717, 1.165) is 22.7 Å². The fourth-order valence-electron chi connectivity index (χ4n) is 7.81. The van der Waals surface area contributed by atoms with Gasteiger partial charge in [-0.15, -0.1) is 0 Å². The van der Waals surface area contributed by atoms with Crippen LogP contribution in [0.5, 0.6) is 11.5 Å². The zero-order valence-electron chi connectivity index (χ0n) is 24.4. The van der Waals surface area contributed by atoms with Crippen LogP contribution in [0.3, 0.4) is 0 Å². The predicted molar refractivity (Wildman–Crippen MR) is 188 cm³/mol. The highest BCUT2D eigenvalue weighted by atomic mass is 16.5. The number of nitrogens with zero attached hydrogens (tertiary/aromatic N) is 1. The van der Waals surface area contributed by atoms with Crippen molar-refractivity contribution in [1.82, 2.24) is 4.57 Å². The molecule has 0 aliphatic carbocycles. The van der Waals surface area contributed by atoms with Gasteiger partial charge in [0.15, 0.2) is 11.5 Å². The van der Waals surface area contributed by atoms with Crippen molar-refractivity contribution in [2.24, 2.45) is 0 Å². The van der Waals surface area contributed by atoms with E-state index in [2.05, 4.69) is 162 Å². The number of para-hydroxylation sites is 3. The Labute approximate surface area is 261 Å². The number of fused-ring (bicyclic) bond motifs is 1. The van der Waals surface area contributed by atoms with Crippen molar-refractivity contribution in [3.63, 3.8) is 0 Å². The molecule has 7 aromatic carbocycles. The Hall–Kier alpha value is -5.80. The SMILES string of the molecule is c1ccc(-c2cc(-c3ccccc3)c(B3c4cccc5c4-n4c6c(cccc6c6cccc3c64)O5)c(-c3ccccc3)c2)cc1. The number of hydrogen-bond donors (Lipinski definition) is 0. The Morgan fingerprint density at radius 2 is 0.956 bits per heavy atom. The molecule has 0 amide bonds. The number of hydrogen-bond acceptors (Lipinski definition) is 1. The molecule has 0 fully saturated rings. The lowest BCUT2D eigenvalue weighted by atomic mass is 9.33. The fraction of sp³-hybridized carbons (Fsp3) is 0. The van der Waals surface area contributed by atoms with Crippen LogP contribution in [0.4, 0.5) is 0 Å². The van der Waals surface area contributed by atoms with Crippen molar-refractivity contribution in [1.29, 1.82) is 0 Å². The molecule has 1 aromatic heterocycles. The van der Waals surface area contributed by atoms with Gasteiger partial charge in [0.05, 0.1) is 11.2 Å². The second-order valence-corrected chi connectivity index (χ2v) is 12.0. The molecule has 2 nitrogen and oxygen atoms in total. The molecule has 45 heavy (non-hydrogen) atoms.